The van der Waals surface area contributed by atoms with E-state index in [4.69, 9.17) is 9.47 Å². The topological polar surface area (TPSA) is 56.5 Å². The molecule has 0 aliphatic heterocycles. The predicted octanol–water partition coefficient (Wildman–Crippen LogP) is 3.26. The average Bonchev–Trinajstić information content (AvgIpc) is 3.03. The van der Waals surface area contributed by atoms with Crippen LogP contribution < -0.4 is 9.47 Å². The van der Waals surface area contributed by atoms with Crippen molar-refractivity contribution in [3.05, 3.63) is 54.9 Å². The Labute approximate surface area is 128 Å². The Kier molecular flexibility index (Phi) is 3.70. The number of aromatic nitrogens is 2. The molecule has 0 radical (unpaired) electrons. The van der Waals surface area contributed by atoms with Crippen LogP contribution in [0, 0.1) is 0 Å². The molecule has 22 heavy (non-hydrogen) atoms. The van der Waals surface area contributed by atoms with Crippen LogP contribution in [-0.2, 0) is 0 Å². The van der Waals surface area contributed by atoms with E-state index in [1.807, 2.05) is 35.0 Å². The highest BCUT2D eigenvalue weighted by Crippen LogP contribution is 2.31. The molecule has 3 aromatic rings. The summed E-state index contributed by atoms with van der Waals surface area (Å²) in [5.74, 6) is 2.35. The van der Waals surface area contributed by atoms with Gasteiger partial charge in [-0.1, -0.05) is 12.1 Å². The second-order valence-corrected chi connectivity index (χ2v) is 4.71. The lowest BCUT2D eigenvalue weighted by Gasteiger charge is -2.13. The van der Waals surface area contributed by atoms with Gasteiger partial charge in [0.05, 0.1) is 19.9 Å². The lowest BCUT2D eigenvalue weighted by Crippen LogP contribution is -2.00. The van der Waals surface area contributed by atoms with E-state index < -0.39 is 0 Å². The first-order chi connectivity index (χ1) is 10.7. The van der Waals surface area contributed by atoms with Crippen molar-refractivity contribution in [2.24, 2.45) is 0 Å². The van der Waals surface area contributed by atoms with Gasteiger partial charge in [-0.2, -0.15) is 0 Å². The van der Waals surface area contributed by atoms with E-state index in [1.54, 1.807) is 38.6 Å². The summed E-state index contributed by atoms with van der Waals surface area (Å²) >= 11 is 0. The minimum absolute atomic E-state index is 0.199. The Morgan fingerprint density at radius 1 is 1.05 bits per heavy atom. The van der Waals surface area contributed by atoms with Crippen LogP contribution in [0.3, 0.4) is 0 Å². The van der Waals surface area contributed by atoms with Gasteiger partial charge in [0.2, 0.25) is 0 Å². The third kappa shape index (κ3) is 2.48. The molecule has 0 bridgehead atoms. The summed E-state index contributed by atoms with van der Waals surface area (Å²) in [7, 11) is 3.24. The fraction of sp³-hybridized carbons (Fsp3) is 0.118. The molecule has 5 heteroatoms. The van der Waals surface area contributed by atoms with Gasteiger partial charge in [-0.25, -0.2) is 4.98 Å². The average molecular weight is 296 g/mol. The molecule has 0 fully saturated rings. The highest BCUT2D eigenvalue weighted by atomic mass is 16.5. The Morgan fingerprint density at radius 2 is 1.91 bits per heavy atom. The molecule has 0 aliphatic rings. The molecule has 1 N–H and O–H groups in total. The van der Waals surface area contributed by atoms with E-state index in [2.05, 4.69) is 4.98 Å². The Balaban J connectivity index is 2.16. The van der Waals surface area contributed by atoms with Crippen molar-refractivity contribution in [3.63, 3.8) is 0 Å². The molecule has 5 nitrogen and oxygen atoms in total. The van der Waals surface area contributed by atoms with Crippen LogP contribution in [0.4, 0.5) is 0 Å². The first-order valence-electron chi connectivity index (χ1n) is 6.78. The normalized spacial score (nSPS) is 10.5. The van der Waals surface area contributed by atoms with Crippen LogP contribution >= 0.6 is 0 Å². The molecule has 112 valence electrons. The van der Waals surface area contributed by atoms with Gasteiger partial charge in [0.15, 0.2) is 0 Å². The van der Waals surface area contributed by atoms with Crippen LogP contribution in [0.2, 0.25) is 0 Å². The summed E-state index contributed by atoms with van der Waals surface area (Å²) in [6.07, 6.45) is 3.55. The molecule has 0 unspecified atom stereocenters. The Hall–Kier alpha value is -2.95. The van der Waals surface area contributed by atoms with Crippen molar-refractivity contribution in [2.45, 2.75) is 0 Å². The summed E-state index contributed by atoms with van der Waals surface area (Å²) in [6.45, 7) is 0. The SMILES string of the molecule is COc1ccc(OC)c(-n2ccnc2-c2cccc(O)c2)c1. The van der Waals surface area contributed by atoms with Crippen molar-refractivity contribution in [1.29, 1.82) is 0 Å². The Bertz CT molecular complexity index is 796. The molecule has 0 atom stereocenters. The van der Waals surface area contributed by atoms with Crippen LogP contribution in [-0.4, -0.2) is 28.9 Å². The first kappa shape index (κ1) is 14.0. The number of phenolic OH excluding ortho intramolecular Hbond substituents is 1. The largest absolute Gasteiger partial charge is 0.508 e. The van der Waals surface area contributed by atoms with Crippen LogP contribution in [0.15, 0.2) is 54.9 Å². The predicted molar refractivity (Wildman–Crippen MR) is 83.8 cm³/mol. The van der Waals surface area contributed by atoms with Crippen molar-refractivity contribution >= 4 is 0 Å². The molecular formula is C17H16N2O3. The maximum Gasteiger partial charge on any atom is 0.144 e. The highest BCUT2D eigenvalue weighted by molar-refractivity contribution is 5.63. The van der Waals surface area contributed by atoms with Crippen molar-refractivity contribution in [2.75, 3.05) is 14.2 Å². The zero-order chi connectivity index (χ0) is 15.5. The summed E-state index contributed by atoms with van der Waals surface area (Å²) in [4.78, 5) is 4.39. The maximum absolute atomic E-state index is 9.67. The first-order valence-corrected chi connectivity index (χ1v) is 6.78. The summed E-state index contributed by atoms with van der Waals surface area (Å²) in [6, 6.07) is 12.5. The number of hydrogen-bond donors (Lipinski definition) is 1. The third-order valence-corrected chi connectivity index (χ3v) is 3.39. The number of methoxy groups -OCH3 is 2. The van der Waals surface area contributed by atoms with E-state index in [0.717, 1.165) is 17.0 Å². The van der Waals surface area contributed by atoms with Crippen molar-refractivity contribution in [1.82, 2.24) is 9.55 Å². The zero-order valence-electron chi connectivity index (χ0n) is 12.4. The minimum Gasteiger partial charge on any atom is -0.508 e. The Morgan fingerprint density at radius 3 is 2.64 bits per heavy atom. The monoisotopic (exact) mass is 296 g/mol. The van der Waals surface area contributed by atoms with Gasteiger partial charge in [0.1, 0.15) is 23.1 Å². The molecule has 0 saturated heterocycles. The molecule has 3 rings (SSSR count). The second kappa shape index (κ2) is 5.81. The van der Waals surface area contributed by atoms with E-state index >= 15 is 0 Å². The van der Waals surface area contributed by atoms with Gasteiger partial charge < -0.3 is 14.6 Å². The lowest BCUT2D eigenvalue weighted by atomic mass is 10.2. The number of ether oxygens (including phenoxy) is 2. The minimum atomic E-state index is 0.199. The van der Waals surface area contributed by atoms with E-state index in [-0.39, 0.29) is 5.75 Å². The molecule has 1 aromatic heterocycles. The van der Waals surface area contributed by atoms with Gasteiger partial charge in [0.25, 0.3) is 0 Å². The fourth-order valence-corrected chi connectivity index (χ4v) is 2.34. The lowest BCUT2D eigenvalue weighted by molar-refractivity contribution is 0.401. The van der Waals surface area contributed by atoms with E-state index in [9.17, 15) is 5.11 Å². The third-order valence-electron chi connectivity index (χ3n) is 3.39. The molecule has 2 aromatic carbocycles. The van der Waals surface area contributed by atoms with Crippen molar-refractivity contribution in [3.8, 4) is 34.3 Å². The number of aromatic hydroxyl groups is 1. The summed E-state index contributed by atoms with van der Waals surface area (Å²) in [5, 5.41) is 9.67. The second-order valence-electron chi connectivity index (χ2n) is 4.71. The van der Waals surface area contributed by atoms with Gasteiger partial charge in [-0.3, -0.25) is 4.57 Å². The quantitative estimate of drug-likeness (QED) is 0.803. The van der Waals surface area contributed by atoms with Gasteiger partial charge in [0, 0.05) is 24.0 Å². The van der Waals surface area contributed by atoms with E-state index in [0.29, 0.717) is 11.6 Å². The van der Waals surface area contributed by atoms with Crippen LogP contribution in [0.5, 0.6) is 17.2 Å². The number of benzene rings is 2. The van der Waals surface area contributed by atoms with Gasteiger partial charge in [-0.05, 0) is 24.3 Å². The van der Waals surface area contributed by atoms with Gasteiger partial charge in [-0.15, -0.1) is 0 Å². The molecule has 0 saturated carbocycles. The van der Waals surface area contributed by atoms with Crippen LogP contribution in [0.1, 0.15) is 0 Å². The smallest absolute Gasteiger partial charge is 0.144 e. The number of hydrogen-bond acceptors (Lipinski definition) is 4. The summed E-state index contributed by atoms with van der Waals surface area (Å²) in [5.41, 5.74) is 1.63. The van der Waals surface area contributed by atoms with Crippen LogP contribution in [0.25, 0.3) is 17.1 Å². The zero-order valence-corrected chi connectivity index (χ0v) is 12.4. The fourth-order valence-electron chi connectivity index (χ4n) is 2.34. The molecular weight excluding hydrogens is 280 g/mol. The number of nitrogens with zero attached hydrogens (tertiary/aromatic N) is 2. The maximum atomic E-state index is 9.67. The highest BCUT2D eigenvalue weighted by Gasteiger charge is 2.13. The standard InChI is InChI=1S/C17H16N2O3/c1-21-14-6-7-16(22-2)15(11-14)19-9-8-18-17(19)12-4-3-5-13(20)10-12/h3-11,20H,1-2H3. The summed E-state index contributed by atoms with van der Waals surface area (Å²) < 4.78 is 12.6. The molecule has 0 amide bonds. The van der Waals surface area contributed by atoms with Gasteiger partial charge >= 0.3 is 0 Å². The number of imidazole rings is 1. The van der Waals surface area contributed by atoms with E-state index in [1.165, 1.54) is 0 Å². The van der Waals surface area contributed by atoms with Crippen molar-refractivity contribution < 1.29 is 14.6 Å². The molecule has 0 spiro atoms. The molecule has 1 heterocycles. The molecule has 0 aliphatic carbocycles. The number of phenols is 1. The number of rotatable bonds is 4.